The van der Waals surface area contributed by atoms with Crippen LogP contribution in [0.15, 0.2) is 16.3 Å². The number of fused-ring (bicyclic) bond motifs is 4. The van der Waals surface area contributed by atoms with Crippen LogP contribution in [-0.4, -0.2) is 10.9 Å². The molecular formula is C20H31NO. The number of nitrogens with zero attached hydrogens (tertiary/aromatic N) is 1. The molecule has 2 nitrogen and oxygen atoms in total. The lowest BCUT2D eigenvalue weighted by Gasteiger charge is -2.42. The van der Waals surface area contributed by atoms with E-state index in [2.05, 4.69) is 46.7 Å². The molecule has 0 aliphatic heterocycles. The third kappa shape index (κ3) is 1.50. The zero-order valence-electron chi connectivity index (χ0n) is 15.0. The zero-order valence-corrected chi connectivity index (χ0v) is 15.0. The summed E-state index contributed by atoms with van der Waals surface area (Å²) in [6.07, 6.45) is 3.82. The summed E-state index contributed by atoms with van der Waals surface area (Å²) in [5.41, 5.74) is 5.06. The van der Waals surface area contributed by atoms with Crippen molar-refractivity contribution in [1.82, 2.24) is 0 Å². The second-order valence-electron chi connectivity index (χ2n) is 9.78. The topological polar surface area (TPSA) is 32.6 Å². The molecule has 0 aromatic heterocycles. The van der Waals surface area contributed by atoms with Crippen molar-refractivity contribution in [3.8, 4) is 0 Å². The summed E-state index contributed by atoms with van der Waals surface area (Å²) in [6, 6.07) is 0. The van der Waals surface area contributed by atoms with Gasteiger partial charge in [-0.15, -0.1) is 0 Å². The predicted molar refractivity (Wildman–Crippen MR) is 89.9 cm³/mol. The van der Waals surface area contributed by atoms with Gasteiger partial charge >= 0.3 is 0 Å². The highest BCUT2D eigenvalue weighted by Crippen LogP contribution is 2.66. The van der Waals surface area contributed by atoms with Gasteiger partial charge in [0.15, 0.2) is 0 Å². The molecule has 4 rings (SSSR count). The van der Waals surface area contributed by atoms with Gasteiger partial charge in [-0.3, -0.25) is 0 Å². The first-order valence-corrected chi connectivity index (χ1v) is 9.16. The van der Waals surface area contributed by atoms with E-state index in [0.29, 0.717) is 28.6 Å². The molecule has 4 aliphatic carbocycles. The quantitative estimate of drug-likeness (QED) is 0.488. The van der Waals surface area contributed by atoms with Gasteiger partial charge in [-0.25, -0.2) is 0 Å². The molecule has 0 spiro atoms. The minimum absolute atomic E-state index is 0.349. The summed E-state index contributed by atoms with van der Waals surface area (Å²) >= 11 is 0. The van der Waals surface area contributed by atoms with Crippen LogP contribution in [0.2, 0.25) is 0 Å². The van der Waals surface area contributed by atoms with Crippen molar-refractivity contribution in [1.29, 1.82) is 0 Å². The lowest BCUT2D eigenvalue weighted by atomic mass is 9.62. The molecule has 0 unspecified atom stereocenters. The number of oxime groups is 1. The van der Waals surface area contributed by atoms with Gasteiger partial charge in [0.25, 0.3) is 0 Å². The monoisotopic (exact) mass is 301 g/mol. The van der Waals surface area contributed by atoms with Crippen LogP contribution >= 0.6 is 0 Å². The Morgan fingerprint density at radius 3 is 2.14 bits per heavy atom. The Kier molecular flexibility index (Phi) is 2.81. The lowest BCUT2D eigenvalue weighted by Crippen LogP contribution is -2.37. The fourth-order valence-corrected chi connectivity index (χ4v) is 6.55. The third-order valence-corrected chi connectivity index (χ3v) is 8.88. The molecule has 122 valence electrons. The maximum absolute atomic E-state index is 9.70. The molecule has 4 bridgehead atoms. The molecule has 4 fully saturated rings. The summed E-state index contributed by atoms with van der Waals surface area (Å²) < 4.78 is 0. The van der Waals surface area contributed by atoms with E-state index in [9.17, 15) is 5.21 Å². The lowest BCUT2D eigenvalue weighted by molar-refractivity contribution is 0.160. The Balaban J connectivity index is 1.81. The van der Waals surface area contributed by atoms with E-state index in [1.165, 1.54) is 24.8 Å². The molecular weight excluding hydrogens is 270 g/mol. The Morgan fingerprint density at radius 2 is 1.59 bits per heavy atom. The van der Waals surface area contributed by atoms with E-state index in [0.717, 1.165) is 23.5 Å². The Labute approximate surface area is 135 Å². The van der Waals surface area contributed by atoms with Crippen LogP contribution in [0.1, 0.15) is 60.8 Å². The van der Waals surface area contributed by atoms with Crippen LogP contribution < -0.4 is 0 Å². The average Bonchev–Trinajstić information content (AvgIpc) is 3.14. The second kappa shape index (κ2) is 4.19. The summed E-state index contributed by atoms with van der Waals surface area (Å²) in [6.45, 7) is 14.6. The molecule has 0 saturated heterocycles. The highest BCUT2D eigenvalue weighted by molar-refractivity contribution is 6.06. The van der Waals surface area contributed by atoms with Gasteiger partial charge in [-0.05, 0) is 65.3 Å². The first-order valence-electron chi connectivity index (χ1n) is 9.16. The highest BCUT2D eigenvalue weighted by Gasteiger charge is 2.60. The van der Waals surface area contributed by atoms with Crippen molar-refractivity contribution in [2.75, 3.05) is 0 Å². The molecule has 0 heterocycles. The Morgan fingerprint density at radius 1 is 0.955 bits per heavy atom. The molecule has 1 N–H and O–H groups in total. The molecule has 4 saturated carbocycles. The Bertz CT molecular complexity index is 579. The molecule has 2 heteroatoms. The SMILES string of the molecule is C[C@@H]1[C@H]2C[C@H](C/C2=C2/C(=N\O)[C@H]3C[C@H]2C(C)(C)[C@H]3C)C1(C)C. The van der Waals surface area contributed by atoms with Crippen LogP contribution in [0.3, 0.4) is 0 Å². The number of allylic oxidation sites excluding steroid dienone is 2. The van der Waals surface area contributed by atoms with E-state index in [1.807, 2.05) is 0 Å². The van der Waals surface area contributed by atoms with E-state index in [1.54, 1.807) is 5.57 Å². The molecule has 22 heavy (non-hydrogen) atoms. The van der Waals surface area contributed by atoms with Gasteiger partial charge in [0, 0.05) is 5.92 Å². The molecule has 0 radical (unpaired) electrons. The van der Waals surface area contributed by atoms with Crippen molar-refractivity contribution in [2.24, 2.45) is 51.5 Å². The summed E-state index contributed by atoms with van der Waals surface area (Å²) in [7, 11) is 0. The number of rotatable bonds is 0. The van der Waals surface area contributed by atoms with E-state index in [4.69, 9.17) is 0 Å². The van der Waals surface area contributed by atoms with Gasteiger partial charge in [-0.1, -0.05) is 52.3 Å². The third-order valence-electron chi connectivity index (χ3n) is 8.88. The van der Waals surface area contributed by atoms with E-state index < -0.39 is 0 Å². The van der Waals surface area contributed by atoms with Gasteiger partial charge in [0.1, 0.15) is 0 Å². The van der Waals surface area contributed by atoms with Gasteiger partial charge in [0.2, 0.25) is 0 Å². The van der Waals surface area contributed by atoms with Crippen LogP contribution in [0.4, 0.5) is 0 Å². The van der Waals surface area contributed by atoms with Crippen LogP contribution in [0, 0.1) is 46.3 Å². The van der Waals surface area contributed by atoms with Gasteiger partial charge in [0.05, 0.1) is 5.71 Å². The smallest absolute Gasteiger partial charge is 0.0864 e. The van der Waals surface area contributed by atoms with Crippen LogP contribution in [0.5, 0.6) is 0 Å². The first kappa shape index (κ1) is 14.8. The average molecular weight is 301 g/mol. The Hall–Kier alpha value is -0.790. The standard InChI is InChI=1S/C20H31NO/c1-10-13-7-12(19(10,3)4)8-15(13)17-16-9-14(18(17)21-22)11(2)20(16,5)6/h10-14,16,22H,7-9H2,1-6H3/b17-15-,21-18-/t10-,11+,12-,13-,14+,16-/m1/s1. The van der Waals surface area contributed by atoms with Crippen LogP contribution in [-0.2, 0) is 0 Å². The molecule has 6 atom stereocenters. The predicted octanol–water partition coefficient (Wildman–Crippen LogP) is 5.13. The number of hydrogen-bond acceptors (Lipinski definition) is 2. The second-order valence-corrected chi connectivity index (χ2v) is 9.78. The minimum Gasteiger partial charge on any atom is -0.411 e. The fraction of sp³-hybridized carbons (Fsp3) is 0.850. The highest BCUT2D eigenvalue weighted by atomic mass is 16.4. The van der Waals surface area contributed by atoms with Gasteiger partial charge < -0.3 is 5.21 Å². The number of hydrogen-bond donors (Lipinski definition) is 1. The van der Waals surface area contributed by atoms with Crippen molar-refractivity contribution in [3.63, 3.8) is 0 Å². The van der Waals surface area contributed by atoms with Gasteiger partial charge in [-0.2, -0.15) is 0 Å². The molecule has 0 aromatic rings. The zero-order chi connectivity index (χ0) is 16.0. The van der Waals surface area contributed by atoms with Crippen molar-refractivity contribution in [2.45, 2.75) is 60.8 Å². The van der Waals surface area contributed by atoms with E-state index >= 15 is 0 Å². The normalized spacial score (nSPS) is 52.9. The maximum Gasteiger partial charge on any atom is 0.0864 e. The summed E-state index contributed by atoms with van der Waals surface area (Å²) in [4.78, 5) is 0. The van der Waals surface area contributed by atoms with Crippen molar-refractivity contribution >= 4 is 5.71 Å². The first-order chi connectivity index (χ1) is 10.2. The minimum atomic E-state index is 0.349. The maximum atomic E-state index is 9.70. The van der Waals surface area contributed by atoms with Crippen LogP contribution in [0.25, 0.3) is 0 Å². The van der Waals surface area contributed by atoms with E-state index in [-0.39, 0.29) is 0 Å². The molecule has 0 amide bonds. The fourth-order valence-electron chi connectivity index (χ4n) is 6.55. The summed E-state index contributed by atoms with van der Waals surface area (Å²) in [5.74, 6) is 4.04. The molecule has 4 aliphatic rings. The molecule has 0 aromatic carbocycles. The van der Waals surface area contributed by atoms with Crippen molar-refractivity contribution in [3.05, 3.63) is 11.1 Å². The summed E-state index contributed by atoms with van der Waals surface area (Å²) in [5, 5.41) is 13.5. The van der Waals surface area contributed by atoms with Crippen molar-refractivity contribution < 1.29 is 5.21 Å². The largest absolute Gasteiger partial charge is 0.411 e.